The van der Waals surface area contributed by atoms with Crippen molar-refractivity contribution in [1.82, 2.24) is 0 Å². The summed E-state index contributed by atoms with van der Waals surface area (Å²) in [7, 11) is 2.79. The molecule has 5 heteroatoms. The van der Waals surface area contributed by atoms with Crippen LogP contribution in [0.3, 0.4) is 0 Å². The van der Waals surface area contributed by atoms with Crippen LogP contribution < -0.4 is 9.47 Å². The van der Waals surface area contributed by atoms with Crippen molar-refractivity contribution in [1.29, 1.82) is 0 Å². The molecule has 0 amide bonds. The number of aliphatic hydroxyl groups is 1. The van der Waals surface area contributed by atoms with Crippen LogP contribution in [0, 0.1) is 0 Å². The summed E-state index contributed by atoms with van der Waals surface area (Å²) in [5, 5.41) is 9.00. The van der Waals surface area contributed by atoms with Crippen molar-refractivity contribution in [2.45, 2.75) is 6.61 Å². The van der Waals surface area contributed by atoms with E-state index in [9.17, 15) is 4.79 Å². The Bertz CT molecular complexity index is 361. The predicted molar refractivity (Wildman–Crippen MR) is 56.4 cm³/mol. The number of benzene rings is 1. The van der Waals surface area contributed by atoms with E-state index in [1.807, 2.05) is 0 Å². The SMILES string of the molecule is COC(=O)COc1ccc(CO)c(OC)c1. The molecule has 16 heavy (non-hydrogen) atoms. The monoisotopic (exact) mass is 226 g/mol. The molecule has 1 rings (SSSR count). The third-order valence-corrected chi connectivity index (χ3v) is 2.01. The fraction of sp³-hybridized carbons (Fsp3) is 0.364. The third kappa shape index (κ3) is 3.13. The number of rotatable bonds is 5. The number of carbonyl (C=O) groups is 1. The summed E-state index contributed by atoms with van der Waals surface area (Å²) in [4.78, 5) is 10.8. The Morgan fingerprint density at radius 2 is 2.12 bits per heavy atom. The van der Waals surface area contributed by atoms with E-state index in [2.05, 4.69) is 4.74 Å². The molecule has 0 heterocycles. The largest absolute Gasteiger partial charge is 0.496 e. The molecule has 0 radical (unpaired) electrons. The van der Waals surface area contributed by atoms with Gasteiger partial charge in [-0.05, 0) is 12.1 Å². The van der Waals surface area contributed by atoms with Gasteiger partial charge in [0, 0.05) is 11.6 Å². The molecule has 0 aliphatic carbocycles. The topological polar surface area (TPSA) is 65.0 Å². The van der Waals surface area contributed by atoms with E-state index in [0.717, 1.165) is 0 Å². The van der Waals surface area contributed by atoms with Crippen molar-refractivity contribution in [3.63, 3.8) is 0 Å². The molecule has 0 aliphatic rings. The molecule has 1 N–H and O–H groups in total. The summed E-state index contributed by atoms with van der Waals surface area (Å²) in [6, 6.07) is 4.93. The minimum absolute atomic E-state index is 0.111. The average molecular weight is 226 g/mol. The van der Waals surface area contributed by atoms with Crippen molar-refractivity contribution >= 4 is 5.97 Å². The predicted octanol–water partition coefficient (Wildman–Crippen LogP) is 0.739. The lowest BCUT2D eigenvalue weighted by molar-refractivity contribution is -0.142. The Labute approximate surface area is 93.6 Å². The second-order valence-corrected chi connectivity index (χ2v) is 3.00. The number of carbonyl (C=O) groups excluding carboxylic acids is 1. The highest BCUT2D eigenvalue weighted by atomic mass is 16.6. The first-order valence-corrected chi connectivity index (χ1v) is 4.68. The van der Waals surface area contributed by atoms with Gasteiger partial charge >= 0.3 is 5.97 Å². The second-order valence-electron chi connectivity index (χ2n) is 3.00. The lowest BCUT2D eigenvalue weighted by Crippen LogP contribution is -2.12. The smallest absolute Gasteiger partial charge is 0.343 e. The molecule has 0 spiro atoms. The molecule has 0 unspecified atom stereocenters. The summed E-state index contributed by atoms with van der Waals surface area (Å²) >= 11 is 0. The van der Waals surface area contributed by atoms with Gasteiger partial charge in [0.1, 0.15) is 11.5 Å². The molecule has 0 atom stereocenters. The van der Waals surface area contributed by atoms with Gasteiger partial charge in [0.05, 0.1) is 20.8 Å². The van der Waals surface area contributed by atoms with E-state index in [0.29, 0.717) is 17.1 Å². The Morgan fingerprint density at radius 1 is 1.38 bits per heavy atom. The van der Waals surface area contributed by atoms with E-state index in [4.69, 9.17) is 14.6 Å². The van der Waals surface area contributed by atoms with Crippen LogP contribution >= 0.6 is 0 Å². The Balaban J connectivity index is 2.71. The molecular weight excluding hydrogens is 212 g/mol. The molecule has 0 fully saturated rings. The van der Waals surface area contributed by atoms with Crippen molar-refractivity contribution in [3.05, 3.63) is 23.8 Å². The highest BCUT2D eigenvalue weighted by Gasteiger charge is 2.06. The van der Waals surface area contributed by atoms with Gasteiger partial charge < -0.3 is 19.3 Å². The highest BCUT2D eigenvalue weighted by Crippen LogP contribution is 2.24. The zero-order chi connectivity index (χ0) is 12.0. The van der Waals surface area contributed by atoms with Gasteiger partial charge in [-0.2, -0.15) is 0 Å². The lowest BCUT2D eigenvalue weighted by atomic mass is 10.2. The average Bonchev–Trinajstić information content (AvgIpc) is 2.35. The van der Waals surface area contributed by atoms with Crippen LogP contribution in [0.15, 0.2) is 18.2 Å². The van der Waals surface area contributed by atoms with Gasteiger partial charge in [0.2, 0.25) is 0 Å². The molecule has 0 saturated carbocycles. The molecule has 5 nitrogen and oxygen atoms in total. The molecule has 0 bridgehead atoms. The zero-order valence-electron chi connectivity index (χ0n) is 9.23. The molecule has 1 aromatic carbocycles. The van der Waals surface area contributed by atoms with Crippen LogP contribution in [0.25, 0.3) is 0 Å². The number of methoxy groups -OCH3 is 2. The van der Waals surface area contributed by atoms with Gasteiger partial charge in [-0.3, -0.25) is 0 Å². The maximum absolute atomic E-state index is 10.8. The van der Waals surface area contributed by atoms with Gasteiger partial charge in [-0.1, -0.05) is 0 Å². The first-order chi connectivity index (χ1) is 7.71. The van der Waals surface area contributed by atoms with Gasteiger partial charge in [0.25, 0.3) is 0 Å². The van der Waals surface area contributed by atoms with Crippen LogP contribution in [0.5, 0.6) is 11.5 Å². The third-order valence-electron chi connectivity index (χ3n) is 2.01. The van der Waals surface area contributed by atoms with Crippen molar-refractivity contribution in [2.24, 2.45) is 0 Å². The van der Waals surface area contributed by atoms with Crippen LogP contribution in [-0.2, 0) is 16.1 Å². The zero-order valence-corrected chi connectivity index (χ0v) is 9.23. The van der Waals surface area contributed by atoms with Crippen LogP contribution in [0.1, 0.15) is 5.56 Å². The van der Waals surface area contributed by atoms with E-state index in [1.54, 1.807) is 18.2 Å². The summed E-state index contributed by atoms with van der Waals surface area (Å²) < 4.78 is 14.7. The quantitative estimate of drug-likeness (QED) is 0.750. The standard InChI is InChI=1S/C11H14O5/c1-14-10-5-9(4-3-8(10)6-12)16-7-11(13)15-2/h3-5,12H,6-7H2,1-2H3. The number of hydrogen-bond acceptors (Lipinski definition) is 5. The molecule has 1 aromatic rings. The highest BCUT2D eigenvalue weighted by molar-refractivity contribution is 5.70. The Hall–Kier alpha value is -1.75. The van der Waals surface area contributed by atoms with E-state index < -0.39 is 5.97 Å². The normalized spacial score (nSPS) is 9.69. The number of esters is 1. The number of hydrogen-bond donors (Lipinski definition) is 1. The summed E-state index contributed by atoms with van der Waals surface area (Å²) in [5.74, 6) is 0.550. The van der Waals surface area contributed by atoms with Crippen molar-refractivity contribution < 1.29 is 24.1 Å². The maximum Gasteiger partial charge on any atom is 0.343 e. The van der Waals surface area contributed by atoms with E-state index in [-0.39, 0.29) is 13.2 Å². The first-order valence-electron chi connectivity index (χ1n) is 4.68. The van der Waals surface area contributed by atoms with Gasteiger partial charge in [-0.15, -0.1) is 0 Å². The minimum atomic E-state index is -0.454. The number of aliphatic hydroxyl groups excluding tert-OH is 1. The van der Waals surface area contributed by atoms with E-state index >= 15 is 0 Å². The van der Waals surface area contributed by atoms with Gasteiger partial charge in [0.15, 0.2) is 6.61 Å². The van der Waals surface area contributed by atoms with E-state index in [1.165, 1.54) is 14.2 Å². The number of ether oxygens (including phenoxy) is 3. The fourth-order valence-electron chi connectivity index (χ4n) is 1.15. The van der Waals surface area contributed by atoms with Crippen molar-refractivity contribution in [2.75, 3.05) is 20.8 Å². The molecule has 0 aromatic heterocycles. The van der Waals surface area contributed by atoms with Crippen LogP contribution in [0.2, 0.25) is 0 Å². The van der Waals surface area contributed by atoms with Crippen molar-refractivity contribution in [3.8, 4) is 11.5 Å². The Kier molecular flexibility index (Phi) is 4.60. The lowest BCUT2D eigenvalue weighted by Gasteiger charge is -2.09. The first kappa shape index (κ1) is 12.3. The van der Waals surface area contributed by atoms with Crippen LogP contribution in [-0.4, -0.2) is 31.9 Å². The molecule has 0 saturated heterocycles. The molecular formula is C11H14O5. The second kappa shape index (κ2) is 5.97. The van der Waals surface area contributed by atoms with Gasteiger partial charge in [-0.25, -0.2) is 4.79 Å². The summed E-state index contributed by atoms with van der Waals surface area (Å²) in [6.07, 6.45) is 0. The fourth-order valence-corrected chi connectivity index (χ4v) is 1.15. The molecule has 0 aliphatic heterocycles. The Morgan fingerprint density at radius 3 is 2.69 bits per heavy atom. The summed E-state index contributed by atoms with van der Waals surface area (Å²) in [6.45, 7) is -0.265. The summed E-state index contributed by atoms with van der Waals surface area (Å²) in [5.41, 5.74) is 0.660. The molecule has 88 valence electrons. The van der Waals surface area contributed by atoms with Crippen LogP contribution in [0.4, 0.5) is 0 Å². The minimum Gasteiger partial charge on any atom is -0.496 e. The maximum atomic E-state index is 10.8.